The Morgan fingerprint density at radius 3 is 2.70 bits per heavy atom. The van der Waals surface area contributed by atoms with Gasteiger partial charge in [0.25, 0.3) is 0 Å². The molecule has 27 heavy (non-hydrogen) atoms. The molecule has 2 N–H and O–H groups in total. The standard InChI is InChI=1S/C20H29N3O3.ClH/c24-19(7-6-16-8-10-21-11-9-16)22-17-14-20(25)23(15-17)12-13-26-18-4-2-1-3-5-18;/h1-5,16-17,21H,6-15H2,(H,22,24);1H. The van der Waals surface area contributed by atoms with Gasteiger partial charge in [0.1, 0.15) is 12.4 Å². The van der Waals surface area contributed by atoms with Gasteiger partial charge in [0.15, 0.2) is 0 Å². The average molecular weight is 396 g/mol. The van der Waals surface area contributed by atoms with Crippen molar-refractivity contribution in [2.75, 3.05) is 32.8 Å². The molecule has 0 saturated carbocycles. The lowest BCUT2D eigenvalue weighted by atomic mass is 9.93. The lowest BCUT2D eigenvalue weighted by Gasteiger charge is -2.22. The van der Waals surface area contributed by atoms with Crippen LogP contribution < -0.4 is 15.4 Å². The number of hydrogen-bond donors (Lipinski definition) is 2. The van der Waals surface area contributed by atoms with E-state index in [9.17, 15) is 9.59 Å². The molecule has 2 amide bonds. The third kappa shape index (κ3) is 7.03. The van der Waals surface area contributed by atoms with E-state index in [0.29, 0.717) is 38.5 Å². The van der Waals surface area contributed by atoms with Gasteiger partial charge in [-0.3, -0.25) is 9.59 Å². The molecule has 0 bridgehead atoms. The van der Waals surface area contributed by atoms with Crippen molar-refractivity contribution in [3.05, 3.63) is 30.3 Å². The minimum Gasteiger partial charge on any atom is -0.492 e. The van der Waals surface area contributed by atoms with Gasteiger partial charge in [-0.2, -0.15) is 0 Å². The highest BCUT2D eigenvalue weighted by Crippen LogP contribution is 2.18. The number of carbonyl (C=O) groups is 2. The molecule has 2 saturated heterocycles. The Labute approximate surface area is 167 Å². The fourth-order valence-corrected chi connectivity index (χ4v) is 3.68. The number of benzene rings is 1. The molecule has 0 aliphatic carbocycles. The molecule has 2 aliphatic heterocycles. The summed E-state index contributed by atoms with van der Waals surface area (Å²) in [6.07, 6.45) is 4.22. The van der Waals surface area contributed by atoms with Gasteiger partial charge >= 0.3 is 0 Å². The molecule has 0 radical (unpaired) electrons. The van der Waals surface area contributed by atoms with Crippen LogP contribution >= 0.6 is 12.4 Å². The smallest absolute Gasteiger partial charge is 0.224 e. The van der Waals surface area contributed by atoms with E-state index < -0.39 is 0 Å². The van der Waals surface area contributed by atoms with Gasteiger partial charge in [-0.15, -0.1) is 12.4 Å². The van der Waals surface area contributed by atoms with Crippen molar-refractivity contribution in [1.82, 2.24) is 15.5 Å². The molecule has 1 aromatic carbocycles. The zero-order chi connectivity index (χ0) is 18.2. The van der Waals surface area contributed by atoms with Crippen LogP contribution in [0.5, 0.6) is 5.75 Å². The van der Waals surface area contributed by atoms with Gasteiger partial charge in [-0.05, 0) is 50.4 Å². The largest absolute Gasteiger partial charge is 0.492 e. The fraction of sp³-hybridized carbons (Fsp3) is 0.600. The summed E-state index contributed by atoms with van der Waals surface area (Å²) >= 11 is 0. The predicted octanol–water partition coefficient (Wildman–Crippen LogP) is 1.98. The Morgan fingerprint density at radius 1 is 1.22 bits per heavy atom. The highest BCUT2D eigenvalue weighted by Gasteiger charge is 2.30. The van der Waals surface area contributed by atoms with Crippen LogP contribution in [0.4, 0.5) is 0 Å². The van der Waals surface area contributed by atoms with Crippen LogP contribution in [0, 0.1) is 5.92 Å². The van der Waals surface area contributed by atoms with Crippen molar-refractivity contribution in [1.29, 1.82) is 0 Å². The molecule has 2 aliphatic rings. The van der Waals surface area contributed by atoms with E-state index in [2.05, 4.69) is 10.6 Å². The molecule has 6 nitrogen and oxygen atoms in total. The van der Waals surface area contributed by atoms with Gasteiger partial charge in [0.05, 0.1) is 12.6 Å². The number of halogens is 1. The Hall–Kier alpha value is -1.79. The molecular formula is C20H30ClN3O3. The predicted molar refractivity (Wildman–Crippen MR) is 107 cm³/mol. The highest BCUT2D eigenvalue weighted by atomic mass is 35.5. The first kappa shape index (κ1) is 21.5. The maximum Gasteiger partial charge on any atom is 0.224 e. The summed E-state index contributed by atoms with van der Waals surface area (Å²) in [7, 11) is 0. The number of ether oxygens (including phenoxy) is 1. The molecule has 1 aromatic rings. The fourth-order valence-electron chi connectivity index (χ4n) is 3.68. The first-order valence-corrected chi connectivity index (χ1v) is 9.66. The number of likely N-dealkylation sites (tertiary alicyclic amines) is 1. The van der Waals surface area contributed by atoms with Gasteiger partial charge in [0, 0.05) is 19.4 Å². The first-order chi connectivity index (χ1) is 12.7. The zero-order valence-corrected chi connectivity index (χ0v) is 16.5. The van der Waals surface area contributed by atoms with Gasteiger partial charge in [0.2, 0.25) is 11.8 Å². The first-order valence-electron chi connectivity index (χ1n) is 9.66. The molecular weight excluding hydrogens is 366 g/mol. The second-order valence-electron chi connectivity index (χ2n) is 7.20. The van der Waals surface area contributed by atoms with Crippen molar-refractivity contribution in [2.24, 2.45) is 5.92 Å². The topological polar surface area (TPSA) is 70.7 Å². The highest BCUT2D eigenvalue weighted by molar-refractivity contribution is 5.85. The molecule has 7 heteroatoms. The molecule has 1 atom stereocenters. The summed E-state index contributed by atoms with van der Waals surface area (Å²) in [6, 6.07) is 9.51. The summed E-state index contributed by atoms with van der Waals surface area (Å²) in [4.78, 5) is 26.1. The molecule has 2 heterocycles. The third-order valence-electron chi connectivity index (χ3n) is 5.19. The van der Waals surface area contributed by atoms with E-state index in [0.717, 1.165) is 38.1 Å². The summed E-state index contributed by atoms with van der Waals surface area (Å²) in [5.41, 5.74) is 0. The van der Waals surface area contributed by atoms with Crippen molar-refractivity contribution >= 4 is 24.2 Å². The second kappa shape index (κ2) is 11.1. The second-order valence-corrected chi connectivity index (χ2v) is 7.20. The van der Waals surface area contributed by atoms with Crippen LogP contribution in [0.1, 0.15) is 32.1 Å². The number of nitrogens with one attached hydrogen (secondary N) is 2. The van der Waals surface area contributed by atoms with Crippen LogP contribution in [-0.2, 0) is 9.59 Å². The maximum atomic E-state index is 12.2. The van der Waals surface area contributed by atoms with E-state index in [1.807, 2.05) is 30.3 Å². The SMILES string of the molecule is Cl.O=C(CCC1CCNCC1)NC1CC(=O)N(CCOc2ccccc2)C1. The van der Waals surface area contributed by atoms with E-state index in [1.165, 1.54) is 0 Å². The molecule has 0 spiro atoms. The van der Waals surface area contributed by atoms with Crippen molar-refractivity contribution < 1.29 is 14.3 Å². The number of rotatable bonds is 8. The Bertz CT molecular complexity index is 593. The van der Waals surface area contributed by atoms with Crippen LogP contribution in [0.15, 0.2) is 30.3 Å². The maximum absolute atomic E-state index is 12.2. The van der Waals surface area contributed by atoms with Crippen molar-refractivity contribution in [3.8, 4) is 5.75 Å². The third-order valence-corrected chi connectivity index (χ3v) is 5.19. The molecule has 1 unspecified atom stereocenters. The van der Waals surface area contributed by atoms with Crippen LogP contribution in [0.2, 0.25) is 0 Å². The Balaban J connectivity index is 0.00000261. The van der Waals surface area contributed by atoms with E-state index in [-0.39, 0.29) is 30.3 Å². The average Bonchev–Trinajstić information content (AvgIpc) is 3.01. The van der Waals surface area contributed by atoms with E-state index >= 15 is 0 Å². The lowest BCUT2D eigenvalue weighted by molar-refractivity contribution is -0.128. The Morgan fingerprint density at radius 2 is 1.96 bits per heavy atom. The summed E-state index contributed by atoms with van der Waals surface area (Å²) in [6.45, 7) is 3.71. The minimum absolute atomic E-state index is 0. The molecule has 2 fully saturated rings. The number of nitrogens with zero attached hydrogens (tertiary/aromatic N) is 1. The number of piperidine rings is 1. The van der Waals surface area contributed by atoms with Gasteiger partial charge in [-0.25, -0.2) is 0 Å². The number of carbonyl (C=O) groups excluding carboxylic acids is 2. The van der Waals surface area contributed by atoms with Crippen LogP contribution in [0.25, 0.3) is 0 Å². The number of amides is 2. The van der Waals surface area contributed by atoms with Crippen LogP contribution in [-0.4, -0.2) is 55.5 Å². The van der Waals surface area contributed by atoms with Crippen molar-refractivity contribution in [2.45, 2.75) is 38.1 Å². The normalized spacial score (nSPS) is 20.2. The van der Waals surface area contributed by atoms with E-state index in [1.54, 1.807) is 4.90 Å². The Kier molecular flexibility index (Phi) is 8.88. The quantitative estimate of drug-likeness (QED) is 0.706. The van der Waals surface area contributed by atoms with Crippen molar-refractivity contribution in [3.63, 3.8) is 0 Å². The molecule has 0 aromatic heterocycles. The van der Waals surface area contributed by atoms with E-state index in [4.69, 9.17) is 4.74 Å². The zero-order valence-electron chi connectivity index (χ0n) is 15.7. The van der Waals surface area contributed by atoms with Gasteiger partial charge in [-0.1, -0.05) is 18.2 Å². The summed E-state index contributed by atoms with van der Waals surface area (Å²) < 4.78 is 5.65. The lowest BCUT2D eigenvalue weighted by Crippen LogP contribution is -2.38. The number of hydrogen-bond acceptors (Lipinski definition) is 4. The minimum atomic E-state index is -0.0697. The number of para-hydroxylation sites is 1. The van der Waals surface area contributed by atoms with Gasteiger partial charge < -0.3 is 20.3 Å². The van der Waals surface area contributed by atoms with Crippen LogP contribution in [0.3, 0.4) is 0 Å². The monoisotopic (exact) mass is 395 g/mol. The molecule has 150 valence electrons. The summed E-state index contributed by atoms with van der Waals surface area (Å²) in [5.74, 6) is 1.62. The molecule has 3 rings (SSSR count). The summed E-state index contributed by atoms with van der Waals surface area (Å²) in [5, 5.41) is 6.37.